The van der Waals surface area contributed by atoms with Crippen LogP contribution in [-0.2, 0) is 0 Å². The molecule has 3 saturated carbocycles. The van der Waals surface area contributed by atoms with Crippen molar-refractivity contribution in [1.29, 1.82) is 0 Å². The maximum atomic E-state index is 6.35. The second-order valence-corrected chi connectivity index (χ2v) is 7.49. The normalized spacial score (nSPS) is 43.9. The number of hydrogen-bond acceptors (Lipinski definition) is 1. The highest BCUT2D eigenvalue weighted by atomic mass is 14.8. The van der Waals surface area contributed by atoms with Crippen LogP contribution in [0.5, 0.6) is 0 Å². The van der Waals surface area contributed by atoms with Crippen LogP contribution in [0.15, 0.2) is 0 Å². The minimum atomic E-state index is 0.123. The molecule has 0 spiro atoms. The molecule has 17 heavy (non-hydrogen) atoms. The Balaban J connectivity index is 1.55. The predicted molar refractivity (Wildman–Crippen MR) is 71.1 cm³/mol. The molecular formula is C16H25N. The van der Waals surface area contributed by atoms with E-state index in [0.29, 0.717) is 6.04 Å². The Hall–Kier alpha value is -0.480. The first kappa shape index (κ1) is 11.6. The van der Waals surface area contributed by atoms with Crippen molar-refractivity contribution in [1.82, 2.24) is 0 Å². The highest BCUT2D eigenvalue weighted by Crippen LogP contribution is 2.70. The molecule has 0 amide bonds. The summed E-state index contributed by atoms with van der Waals surface area (Å²) in [6.45, 7) is 6.49. The maximum absolute atomic E-state index is 6.35. The van der Waals surface area contributed by atoms with Crippen molar-refractivity contribution in [3.63, 3.8) is 0 Å². The second kappa shape index (κ2) is 3.75. The average molecular weight is 231 g/mol. The maximum Gasteiger partial charge on any atom is 0.0244 e. The van der Waals surface area contributed by atoms with Gasteiger partial charge in [-0.1, -0.05) is 5.92 Å². The SMILES string of the molecule is CC(C)(C)C#CCC(N)C1C2C3CCC(C3)C12. The third-order valence-corrected chi connectivity index (χ3v) is 5.09. The Morgan fingerprint density at radius 3 is 2.29 bits per heavy atom. The Morgan fingerprint density at radius 2 is 1.76 bits per heavy atom. The largest absolute Gasteiger partial charge is 0.327 e. The summed E-state index contributed by atoms with van der Waals surface area (Å²) in [5, 5.41) is 0. The van der Waals surface area contributed by atoms with Crippen molar-refractivity contribution in [3.05, 3.63) is 0 Å². The first-order chi connectivity index (χ1) is 7.97. The van der Waals surface area contributed by atoms with Crippen LogP contribution in [-0.4, -0.2) is 6.04 Å². The van der Waals surface area contributed by atoms with Crippen LogP contribution in [0.4, 0.5) is 0 Å². The fourth-order valence-electron chi connectivity index (χ4n) is 4.53. The molecule has 0 aromatic carbocycles. The lowest BCUT2D eigenvalue weighted by molar-refractivity contribution is 0.414. The molecule has 3 aliphatic rings. The Bertz CT molecular complexity index is 351. The molecule has 2 bridgehead atoms. The van der Waals surface area contributed by atoms with Crippen LogP contribution in [0.2, 0.25) is 0 Å². The summed E-state index contributed by atoms with van der Waals surface area (Å²) in [7, 11) is 0. The summed E-state index contributed by atoms with van der Waals surface area (Å²) < 4.78 is 0. The second-order valence-electron chi connectivity index (χ2n) is 7.49. The van der Waals surface area contributed by atoms with E-state index in [4.69, 9.17) is 5.73 Å². The van der Waals surface area contributed by atoms with Gasteiger partial charge in [-0.15, -0.1) is 5.92 Å². The van der Waals surface area contributed by atoms with E-state index in [-0.39, 0.29) is 5.41 Å². The first-order valence-electron chi connectivity index (χ1n) is 7.23. The average Bonchev–Trinajstić information content (AvgIpc) is 2.66. The molecule has 3 rings (SSSR count). The monoisotopic (exact) mass is 231 g/mol. The van der Waals surface area contributed by atoms with Crippen molar-refractivity contribution in [2.24, 2.45) is 40.7 Å². The quantitative estimate of drug-likeness (QED) is 0.726. The van der Waals surface area contributed by atoms with Gasteiger partial charge in [-0.05, 0) is 69.6 Å². The van der Waals surface area contributed by atoms with Crippen LogP contribution in [0.1, 0.15) is 46.5 Å². The molecule has 0 aromatic heterocycles. The van der Waals surface area contributed by atoms with Gasteiger partial charge in [0.1, 0.15) is 0 Å². The van der Waals surface area contributed by atoms with Gasteiger partial charge in [-0.25, -0.2) is 0 Å². The minimum Gasteiger partial charge on any atom is -0.327 e. The van der Waals surface area contributed by atoms with Gasteiger partial charge in [0.15, 0.2) is 0 Å². The van der Waals surface area contributed by atoms with E-state index in [2.05, 4.69) is 32.6 Å². The van der Waals surface area contributed by atoms with Crippen molar-refractivity contribution < 1.29 is 0 Å². The standard InChI is InChI=1S/C16H25N/c1-16(2,3)8-4-5-12(17)15-13-10-6-7-11(9-10)14(13)15/h10-15H,5-7,9,17H2,1-3H3. The molecule has 0 radical (unpaired) electrons. The number of hydrogen-bond donors (Lipinski definition) is 1. The minimum absolute atomic E-state index is 0.123. The number of fused-ring (bicyclic) bond motifs is 5. The summed E-state index contributed by atoms with van der Waals surface area (Å²) in [5.74, 6) is 11.5. The lowest BCUT2D eigenvalue weighted by Gasteiger charge is -2.14. The van der Waals surface area contributed by atoms with E-state index in [0.717, 1.165) is 36.0 Å². The molecule has 0 aromatic rings. The fraction of sp³-hybridized carbons (Fsp3) is 0.875. The van der Waals surface area contributed by atoms with Gasteiger partial charge in [-0.3, -0.25) is 0 Å². The predicted octanol–water partition coefficient (Wildman–Crippen LogP) is 3.05. The van der Waals surface area contributed by atoms with Crippen LogP contribution in [0.25, 0.3) is 0 Å². The van der Waals surface area contributed by atoms with E-state index < -0.39 is 0 Å². The third kappa shape index (κ3) is 2.02. The smallest absolute Gasteiger partial charge is 0.0244 e. The zero-order valence-corrected chi connectivity index (χ0v) is 11.4. The molecule has 0 saturated heterocycles. The molecule has 1 nitrogen and oxygen atoms in total. The van der Waals surface area contributed by atoms with Crippen molar-refractivity contribution in [2.75, 3.05) is 0 Å². The molecule has 3 fully saturated rings. The van der Waals surface area contributed by atoms with Crippen molar-refractivity contribution in [3.8, 4) is 11.8 Å². The Kier molecular flexibility index (Phi) is 2.56. The highest BCUT2D eigenvalue weighted by molar-refractivity contribution is 5.17. The van der Waals surface area contributed by atoms with Crippen LogP contribution in [0.3, 0.4) is 0 Å². The summed E-state index contributed by atoms with van der Waals surface area (Å²) in [5.41, 5.74) is 6.47. The third-order valence-electron chi connectivity index (χ3n) is 5.09. The number of nitrogens with two attached hydrogens (primary N) is 1. The Morgan fingerprint density at radius 1 is 1.18 bits per heavy atom. The molecule has 1 heteroatoms. The molecular weight excluding hydrogens is 206 g/mol. The summed E-state index contributed by atoms with van der Waals surface area (Å²) in [4.78, 5) is 0. The molecule has 3 aliphatic carbocycles. The molecule has 2 N–H and O–H groups in total. The first-order valence-corrected chi connectivity index (χ1v) is 7.23. The molecule has 5 unspecified atom stereocenters. The van der Waals surface area contributed by atoms with Gasteiger partial charge < -0.3 is 5.73 Å². The van der Waals surface area contributed by atoms with Crippen molar-refractivity contribution in [2.45, 2.75) is 52.5 Å². The van der Waals surface area contributed by atoms with E-state index >= 15 is 0 Å². The van der Waals surface area contributed by atoms with E-state index in [1.165, 1.54) is 19.3 Å². The van der Waals surface area contributed by atoms with Gasteiger partial charge in [0, 0.05) is 17.9 Å². The molecule has 0 aliphatic heterocycles. The van der Waals surface area contributed by atoms with Gasteiger partial charge in [0.05, 0.1) is 0 Å². The lowest BCUT2D eigenvalue weighted by Crippen LogP contribution is -2.25. The van der Waals surface area contributed by atoms with Gasteiger partial charge in [-0.2, -0.15) is 0 Å². The number of rotatable bonds is 2. The lowest BCUT2D eigenvalue weighted by atomic mass is 9.94. The zero-order chi connectivity index (χ0) is 12.2. The van der Waals surface area contributed by atoms with E-state index in [1.807, 2.05) is 0 Å². The summed E-state index contributed by atoms with van der Waals surface area (Å²) in [6.07, 6.45) is 5.41. The van der Waals surface area contributed by atoms with Crippen LogP contribution < -0.4 is 5.73 Å². The fourth-order valence-corrected chi connectivity index (χ4v) is 4.53. The summed E-state index contributed by atoms with van der Waals surface area (Å²) >= 11 is 0. The van der Waals surface area contributed by atoms with Crippen LogP contribution >= 0.6 is 0 Å². The zero-order valence-electron chi connectivity index (χ0n) is 11.4. The molecule has 0 heterocycles. The Labute approximate surface area is 106 Å². The van der Waals surface area contributed by atoms with Gasteiger partial charge in [0.2, 0.25) is 0 Å². The summed E-state index contributed by atoms with van der Waals surface area (Å²) in [6, 6.07) is 0.350. The van der Waals surface area contributed by atoms with Gasteiger partial charge >= 0.3 is 0 Å². The topological polar surface area (TPSA) is 26.0 Å². The van der Waals surface area contributed by atoms with E-state index in [9.17, 15) is 0 Å². The molecule has 5 atom stereocenters. The highest BCUT2D eigenvalue weighted by Gasteiger charge is 2.65. The van der Waals surface area contributed by atoms with Gasteiger partial charge in [0.25, 0.3) is 0 Å². The van der Waals surface area contributed by atoms with Crippen molar-refractivity contribution >= 4 is 0 Å². The van der Waals surface area contributed by atoms with Crippen LogP contribution in [0, 0.1) is 46.8 Å². The molecule has 94 valence electrons. The van der Waals surface area contributed by atoms with E-state index in [1.54, 1.807) is 0 Å².